The van der Waals surface area contributed by atoms with Gasteiger partial charge in [-0.2, -0.15) is 0 Å². The lowest BCUT2D eigenvalue weighted by Crippen LogP contribution is -2.25. The number of hydrogen-bond acceptors (Lipinski definition) is 5. The number of ether oxygens (including phenoxy) is 2. The second-order valence-corrected chi connectivity index (χ2v) is 5.45. The van der Waals surface area contributed by atoms with Crippen molar-refractivity contribution in [2.24, 2.45) is 5.41 Å². The molecule has 5 heteroatoms. The van der Waals surface area contributed by atoms with Gasteiger partial charge in [0.05, 0.1) is 12.0 Å². The van der Waals surface area contributed by atoms with Crippen molar-refractivity contribution < 1.29 is 24.2 Å². The lowest BCUT2D eigenvalue weighted by atomic mass is 9.97. The number of aromatic hydroxyl groups is 1. The molecule has 1 aromatic carbocycles. The molecule has 0 atom stereocenters. The van der Waals surface area contributed by atoms with Gasteiger partial charge in [-0.3, -0.25) is 4.79 Å². The molecule has 0 fully saturated rings. The van der Waals surface area contributed by atoms with Gasteiger partial charge in [0.2, 0.25) is 0 Å². The van der Waals surface area contributed by atoms with Gasteiger partial charge in [-0.05, 0) is 45.4 Å². The van der Waals surface area contributed by atoms with Crippen LogP contribution in [0, 0.1) is 5.41 Å². The summed E-state index contributed by atoms with van der Waals surface area (Å²) in [5.74, 6) is -1.07. The van der Waals surface area contributed by atoms with Crippen LogP contribution in [0.3, 0.4) is 0 Å². The molecule has 5 nitrogen and oxygen atoms in total. The van der Waals surface area contributed by atoms with E-state index >= 15 is 0 Å². The van der Waals surface area contributed by atoms with E-state index in [0.29, 0.717) is 6.42 Å². The van der Waals surface area contributed by atoms with Crippen molar-refractivity contribution >= 4 is 11.9 Å². The molecule has 0 spiro atoms. The van der Waals surface area contributed by atoms with Gasteiger partial charge in [-0.1, -0.05) is 6.92 Å². The Hall–Kier alpha value is -2.04. The number of carbonyl (C=O) groups excluding carboxylic acids is 2. The maximum Gasteiger partial charge on any atom is 0.342 e. The average Bonchev–Trinajstić information content (AvgIpc) is 2.37. The van der Waals surface area contributed by atoms with Crippen LogP contribution in [0.15, 0.2) is 18.2 Å². The van der Waals surface area contributed by atoms with Crippen molar-refractivity contribution in [2.45, 2.75) is 34.1 Å². The van der Waals surface area contributed by atoms with Crippen LogP contribution in [0.2, 0.25) is 0 Å². The molecule has 0 amide bonds. The third-order valence-electron chi connectivity index (χ3n) is 2.45. The second-order valence-electron chi connectivity index (χ2n) is 5.45. The van der Waals surface area contributed by atoms with Gasteiger partial charge in [0.15, 0.2) is 0 Å². The third-order valence-corrected chi connectivity index (χ3v) is 2.45. The maximum absolute atomic E-state index is 11.8. The first-order valence-electron chi connectivity index (χ1n) is 6.48. The number of carbonyl (C=O) groups is 2. The van der Waals surface area contributed by atoms with Crippen molar-refractivity contribution in [3.63, 3.8) is 0 Å². The van der Waals surface area contributed by atoms with Crippen LogP contribution in [0.4, 0.5) is 0 Å². The number of benzene rings is 1. The van der Waals surface area contributed by atoms with Crippen LogP contribution in [-0.4, -0.2) is 23.7 Å². The van der Waals surface area contributed by atoms with E-state index in [1.54, 1.807) is 20.8 Å². The SMILES string of the molecule is CCCOC(=O)c1cc(OC(=O)C(C)(C)C)ccc1O. The Kier molecular flexibility index (Phi) is 5.13. The Bertz CT molecular complexity index is 499. The minimum atomic E-state index is -0.652. The van der Waals surface area contributed by atoms with Gasteiger partial charge in [-0.25, -0.2) is 4.79 Å². The van der Waals surface area contributed by atoms with E-state index in [1.165, 1.54) is 18.2 Å². The largest absolute Gasteiger partial charge is 0.507 e. The van der Waals surface area contributed by atoms with Crippen LogP contribution >= 0.6 is 0 Å². The van der Waals surface area contributed by atoms with Crippen molar-refractivity contribution in [3.05, 3.63) is 23.8 Å². The summed E-state index contributed by atoms with van der Waals surface area (Å²) < 4.78 is 10.1. The van der Waals surface area contributed by atoms with Gasteiger partial charge < -0.3 is 14.6 Å². The number of rotatable bonds is 4. The highest BCUT2D eigenvalue weighted by Crippen LogP contribution is 2.26. The molecule has 0 heterocycles. The summed E-state index contributed by atoms with van der Waals surface area (Å²) in [4.78, 5) is 23.5. The topological polar surface area (TPSA) is 72.8 Å². The second kappa shape index (κ2) is 6.41. The summed E-state index contributed by atoms with van der Waals surface area (Å²) in [5, 5.41) is 9.66. The van der Waals surface area contributed by atoms with E-state index in [9.17, 15) is 14.7 Å². The zero-order valence-corrected chi connectivity index (χ0v) is 12.2. The molecule has 110 valence electrons. The van der Waals surface area contributed by atoms with E-state index < -0.39 is 17.4 Å². The zero-order valence-electron chi connectivity index (χ0n) is 12.2. The van der Waals surface area contributed by atoms with Crippen LogP contribution in [0.25, 0.3) is 0 Å². The molecule has 0 aromatic heterocycles. The molecule has 1 aromatic rings. The molecule has 0 unspecified atom stereocenters. The van der Waals surface area contributed by atoms with Crippen LogP contribution in [0.1, 0.15) is 44.5 Å². The lowest BCUT2D eigenvalue weighted by molar-refractivity contribution is -0.143. The molecule has 0 aliphatic heterocycles. The minimum absolute atomic E-state index is 0.0161. The summed E-state index contributed by atoms with van der Waals surface area (Å²) in [6, 6.07) is 4.03. The fourth-order valence-electron chi connectivity index (χ4n) is 1.27. The molecule has 0 radical (unpaired) electrons. The molecule has 0 aliphatic rings. The van der Waals surface area contributed by atoms with Gasteiger partial charge in [0, 0.05) is 0 Å². The molecule has 0 aliphatic carbocycles. The van der Waals surface area contributed by atoms with E-state index in [2.05, 4.69) is 0 Å². The molecule has 1 rings (SSSR count). The minimum Gasteiger partial charge on any atom is -0.507 e. The summed E-state index contributed by atoms with van der Waals surface area (Å²) in [7, 11) is 0. The average molecular weight is 280 g/mol. The highest BCUT2D eigenvalue weighted by Gasteiger charge is 2.24. The molecule has 1 N–H and O–H groups in total. The summed E-state index contributed by atoms with van der Waals surface area (Å²) >= 11 is 0. The maximum atomic E-state index is 11.8. The smallest absolute Gasteiger partial charge is 0.342 e. The standard InChI is InChI=1S/C15H20O5/c1-5-8-19-13(17)11-9-10(6-7-12(11)16)20-14(18)15(2,3)4/h6-7,9,16H,5,8H2,1-4H3. The van der Waals surface area contributed by atoms with Crippen LogP contribution in [0.5, 0.6) is 11.5 Å². The third kappa shape index (κ3) is 4.26. The molecule has 0 saturated heterocycles. The lowest BCUT2D eigenvalue weighted by Gasteiger charge is -2.16. The fraction of sp³-hybridized carbons (Fsp3) is 0.467. The predicted octanol–water partition coefficient (Wildman–Crippen LogP) is 2.91. The Balaban J connectivity index is 2.91. The predicted molar refractivity (Wildman–Crippen MR) is 73.8 cm³/mol. The Morgan fingerprint density at radius 1 is 1.25 bits per heavy atom. The quantitative estimate of drug-likeness (QED) is 0.678. The van der Waals surface area contributed by atoms with Gasteiger partial charge >= 0.3 is 11.9 Å². The first-order chi connectivity index (χ1) is 9.25. The summed E-state index contributed by atoms with van der Waals surface area (Å²) in [6.45, 7) is 7.32. The first kappa shape index (κ1) is 16.0. The molecule has 0 saturated carbocycles. The summed E-state index contributed by atoms with van der Waals surface area (Å²) in [6.07, 6.45) is 0.686. The summed E-state index contributed by atoms with van der Waals surface area (Å²) in [5.41, 5.74) is -0.668. The van der Waals surface area contributed by atoms with E-state index in [-0.39, 0.29) is 23.7 Å². The van der Waals surface area contributed by atoms with Crippen molar-refractivity contribution in [1.82, 2.24) is 0 Å². The number of hydrogen-bond donors (Lipinski definition) is 1. The number of esters is 2. The molecule has 20 heavy (non-hydrogen) atoms. The van der Waals surface area contributed by atoms with Crippen LogP contribution < -0.4 is 4.74 Å². The normalized spacial score (nSPS) is 11.0. The van der Waals surface area contributed by atoms with Gasteiger partial charge in [-0.15, -0.1) is 0 Å². The van der Waals surface area contributed by atoms with Crippen molar-refractivity contribution in [1.29, 1.82) is 0 Å². The first-order valence-corrected chi connectivity index (χ1v) is 6.48. The molecule has 0 bridgehead atoms. The van der Waals surface area contributed by atoms with Gasteiger partial charge in [0.25, 0.3) is 0 Å². The number of phenols is 1. The van der Waals surface area contributed by atoms with Crippen molar-refractivity contribution in [2.75, 3.05) is 6.61 Å². The monoisotopic (exact) mass is 280 g/mol. The molecular weight excluding hydrogens is 260 g/mol. The van der Waals surface area contributed by atoms with Crippen LogP contribution in [-0.2, 0) is 9.53 Å². The fourth-order valence-corrected chi connectivity index (χ4v) is 1.27. The zero-order chi connectivity index (χ0) is 15.3. The van der Waals surface area contributed by atoms with Crippen molar-refractivity contribution in [3.8, 4) is 11.5 Å². The van der Waals surface area contributed by atoms with E-state index in [1.807, 2.05) is 6.92 Å². The highest BCUT2D eigenvalue weighted by molar-refractivity contribution is 5.93. The Morgan fingerprint density at radius 3 is 2.45 bits per heavy atom. The Morgan fingerprint density at radius 2 is 1.90 bits per heavy atom. The Labute approximate surface area is 118 Å². The van der Waals surface area contributed by atoms with E-state index in [0.717, 1.165) is 0 Å². The molecular formula is C15H20O5. The van der Waals surface area contributed by atoms with Gasteiger partial charge in [0.1, 0.15) is 17.1 Å². The van der Waals surface area contributed by atoms with E-state index in [4.69, 9.17) is 9.47 Å². The number of phenolic OH excluding ortho intramolecular Hbond substituents is 1. The highest BCUT2D eigenvalue weighted by atomic mass is 16.5.